The van der Waals surface area contributed by atoms with Gasteiger partial charge in [-0.1, -0.05) is 53.5 Å². The van der Waals surface area contributed by atoms with Gasteiger partial charge in [0, 0.05) is 30.8 Å². The van der Waals surface area contributed by atoms with Crippen LogP contribution in [-0.4, -0.2) is 18.6 Å². The van der Waals surface area contributed by atoms with E-state index in [1.165, 1.54) is 5.56 Å². The van der Waals surface area contributed by atoms with Gasteiger partial charge in [-0.25, -0.2) is 0 Å². The highest BCUT2D eigenvalue weighted by molar-refractivity contribution is 6.55. The molecule has 6 heteroatoms. The summed E-state index contributed by atoms with van der Waals surface area (Å²) in [4.78, 5) is 11.6. The van der Waals surface area contributed by atoms with Crippen LogP contribution in [0.25, 0.3) is 5.03 Å². The van der Waals surface area contributed by atoms with Crippen LogP contribution in [0.4, 0.5) is 5.69 Å². The van der Waals surface area contributed by atoms with Crippen LogP contribution in [0.15, 0.2) is 47.5 Å². The fraction of sp³-hybridized carbons (Fsp3) is 0.348. The zero-order valence-electron chi connectivity index (χ0n) is 16.1. The van der Waals surface area contributed by atoms with Crippen LogP contribution in [0, 0.1) is 0 Å². The lowest BCUT2D eigenvalue weighted by atomic mass is 10.0. The molecule has 0 fully saturated rings. The molecule has 2 aromatic rings. The molecule has 1 atom stereocenters. The normalized spacial score (nSPS) is 18.6. The Bertz CT molecular complexity index is 942. The molecule has 2 aliphatic heterocycles. The van der Waals surface area contributed by atoms with Crippen LogP contribution in [0.2, 0.25) is 0 Å². The van der Waals surface area contributed by atoms with Crippen molar-refractivity contribution in [2.24, 2.45) is 0 Å². The predicted octanol–water partition coefficient (Wildman–Crippen LogP) is 5.44. The first-order valence-electron chi connectivity index (χ1n) is 10.0. The van der Waals surface area contributed by atoms with Crippen molar-refractivity contribution in [3.05, 3.63) is 64.2 Å². The molecule has 0 bridgehead atoms. The number of nitrogens with one attached hydrogen (secondary N) is 2. The Kier molecular flexibility index (Phi) is 6.43. The quantitative estimate of drug-likeness (QED) is 0.599. The number of rotatable bonds is 6. The van der Waals surface area contributed by atoms with Crippen LogP contribution < -0.4 is 15.4 Å². The second kappa shape index (κ2) is 9.21. The second-order valence-electron chi connectivity index (χ2n) is 7.46. The smallest absolute Gasteiger partial charge is 0.224 e. The third-order valence-corrected chi connectivity index (χ3v) is 6.40. The molecule has 0 saturated heterocycles. The maximum absolute atomic E-state index is 11.6. The highest BCUT2D eigenvalue weighted by Crippen LogP contribution is 2.34. The van der Waals surface area contributed by atoms with E-state index in [0.29, 0.717) is 23.1 Å². The van der Waals surface area contributed by atoms with E-state index in [4.69, 9.17) is 27.9 Å². The monoisotopic (exact) mass is 430 g/mol. The lowest BCUT2D eigenvalue weighted by Crippen LogP contribution is -2.28. The van der Waals surface area contributed by atoms with Gasteiger partial charge in [0.15, 0.2) is 0 Å². The zero-order valence-corrected chi connectivity index (χ0v) is 17.7. The lowest BCUT2D eigenvalue weighted by Gasteiger charge is -2.18. The molecule has 2 heterocycles. The molecule has 152 valence electrons. The fourth-order valence-corrected chi connectivity index (χ4v) is 4.41. The maximum atomic E-state index is 11.6. The zero-order chi connectivity index (χ0) is 20.2. The Balaban J connectivity index is 1.27. The number of unbranched alkanes of at least 4 members (excludes halogenated alkanes) is 1. The van der Waals surface area contributed by atoms with Crippen LogP contribution in [0.5, 0.6) is 5.75 Å². The Hall–Kier alpha value is -2.01. The lowest BCUT2D eigenvalue weighted by molar-refractivity contribution is -0.116. The summed E-state index contributed by atoms with van der Waals surface area (Å²) in [6, 6.07) is 14.1. The second-order valence-corrected chi connectivity index (χ2v) is 8.25. The van der Waals surface area contributed by atoms with E-state index in [1.807, 2.05) is 36.4 Å². The summed E-state index contributed by atoms with van der Waals surface area (Å²) in [7, 11) is 0. The van der Waals surface area contributed by atoms with Crippen molar-refractivity contribution < 1.29 is 9.53 Å². The molecule has 4 nitrogen and oxygen atoms in total. The molecule has 1 amide bonds. The summed E-state index contributed by atoms with van der Waals surface area (Å²) >= 11 is 13.1. The summed E-state index contributed by atoms with van der Waals surface area (Å²) in [6.07, 6.45) is 4.12. The van der Waals surface area contributed by atoms with Crippen molar-refractivity contribution in [2.75, 3.05) is 11.9 Å². The minimum Gasteiger partial charge on any atom is -0.494 e. The van der Waals surface area contributed by atoms with Crippen LogP contribution in [0.3, 0.4) is 0 Å². The van der Waals surface area contributed by atoms with Crippen LogP contribution in [-0.2, 0) is 17.8 Å². The van der Waals surface area contributed by atoms with E-state index in [2.05, 4.69) is 16.7 Å². The number of ether oxygens (including phenoxy) is 1. The minimum atomic E-state index is 0.0514. The first-order valence-corrected chi connectivity index (χ1v) is 10.8. The summed E-state index contributed by atoms with van der Waals surface area (Å²) in [5.74, 6) is 0.853. The molecule has 2 N–H and O–H groups in total. The Morgan fingerprint density at radius 3 is 2.79 bits per heavy atom. The Morgan fingerprint density at radius 1 is 1.03 bits per heavy atom. The number of fused-ring (bicyclic) bond motifs is 2. The molecule has 0 aromatic heterocycles. The molecule has 0 saturated carbocycles. The van der Waals surface area contributed by atoms with Gasteiger partial charge in [0.25, 0.3) is 0 Å². The number of carbonyl (C=O) groups is 1. The highest BCUT2D eigenvalue weighted by Gasteiger charge is 2.22. The molecule has 1 unspecified atom stereocenters. The standard InChI is InChI=1S/C23H24Cl2N2O2/c24-22-18-6-2-1-5-16(18)14-26-19(23(22)25)7-3-4-12-29-17-10-8-15-9-11-21(28)27-20(15)13-17/h1-2,5-6,8,10,13,19,26H,3-4,7,9,11-12,14H2,(H,27,28). The third-order valence-electron chi connectivity index (χ3n) is 5.44. The molecule has 0 aliphatic carbocycles. The average Bonchev–Trinajstić information content (AvgIpc) is 2.85. The van der Waals surface area contributed by atoms with E-state index in [-0.39, 0.29) is 11.9 Å². The molecule has 29 heavy (non-hydrogen) atoms. The number of hydrogen-bond donors (Lipinski definition) is 2. The van der Waals surface area contributed by atoms with Crippen LogP contribution >= 0.6 is 23.2 Å². The number of anilines is 1. The van der Waals surface area contributed by atoms with Crippen molar-refractivity contribution in [2.45, 2.75) is 44.7 Å². The third kappa shape index (κ3) is 4.77. The van der Waals surface area contributed by atoms with Gasteiger partial charge in [-0.2, -0.15) is 0 Å². The summed E-state index contributed by atoms with van der Waals surface area (Å²) in [5, 5.41) is 7.74. The molecule has 0 radical (unpaired) electrons. The number of halogens is 2. The number of amides is 1. The molecular formula is C23H24Cl2N2O2. The number of aryl methyl sites for hydroxylation is 1. The van der Waals surface area contributed by atoms with E-state index in [9.17, 15) is 4.79 Å². The topological polar surface area (TPSA) is 50.4 Å². The van der Waals surface area contributed by atoms with Gasteiger partial charge in [-0.05, 0) is 48.4 Å². The van der Waals surface area contributed by atoms with Gasteiger partial charge < -0.3 is 15.4 Å². The molecular weight excluding hydrogens is 407 g/mol. The Labute approximate surface area is 181 Å². The molecule has 4 rings (SSSR count). The van der Waals surface area contributed by atoms with E-state index in [1.54, 1.807) is 0 Å². The van der Waals surface area contributed by atoms with Crippen LogP contribution in [0.1, 0.15) is 42.4 Å². The van der Waals surface area contributed by atoms with E-state index >= 15 is 0 Å². The van der Waals surface area contributed by atoms with Crippen molar-refractivity contribution in [1.82, 2.24) is 5.32 Å². The van der Waals surface area contributed by atoms with Gasteiger partial charge in [0.05, 0.1) is 16.7 Å². The van der Waals surface area contributed by atoms with Crippen molar-refractivity contribution in [3.63, 3.8) is 0 Å². The summed E-state index contributed by atoms with van der Waals surface area (Å²) in [5.41, 5.74) is 4.21. The van der Waals surface area contributed by atoms with Crippen molar-refractivity contribution in [3.8, 4) is 5.75 Å². The largest absolute Gasteiger partial charge is 0.494 e. The van der Waals surface area contributed by atoms with Gasteiger partial charge in [-0.3, -0.25) is 4.79 Å². The highest BCUT2D eigenvalue weighted by atomic mass is 35.5. The van der Waals surface area contributed by atoms with Crippen molar-refractivity contribution >= 4 is 39.8 Å². The number of carbonyl (C=O) groups excluding carboxylic acids is 1. The molecule has 2 aromatic carbocycles. The van der Waals surface area contributed by atoms with Crippen molar-refractivity contribution in [1.29, 1.82) is 0 Å². The summed E-state index contributed by atoms with van der Waals surface area (Å²) in [6.45, 7) is 1.37. The first-order chi connectivity index (χ1) is 14.1. The SMILES string of the molecule is O=C1CCc2ccc(OCCCCC3NCc4ccccc4C(Cl)=C3Cl)cc2N1. The van der Waals surface area contributed by atoms with Gasteiger partial charge in [0.1, 0.15) is 5.75 Å². The Morgan fingerprint density at radius 2 is 1.90 bits per heavy atom. The van der Waals surface area contributed by atoms with E-state index in [0.717, 1.165) is 54.8 Å². The van der Waals surface area contributed by atoms with Gasteiger partial charge in [0.2, 0.25) is 5.91 Å². The average molecular weight is 431 g/mol. The molecule has 2 aliphatic rings. The van der Waals surface area contributed by atoms with Gasteiger partial charge in [-0.15, -0.1) is 0 Å². The fourth-order valence-electron chi connectivity index (χ4n) is 3.80. The van der Waals surface area contributed by atoms with E-state index < -0.39 is 0 Å². The predicted molar refractivity (Wildman–Crippen MR) is 118 cm³/mol. The number of benzene rings is 2. The molecule has 0 spiro atoms. The first kappa shape index (κ1) is 20.3. The number of hydrogen-bond acceptors (Lipinski definition) is 3. The minimum absolute atomic E-state index is 0.0514. The maximum Gasteiger partial charge on any atom is 0.224 e. The van der Waals surface area contributed by atoms with Gasteiger partial charge >= 0.3 is 0 Å². The summed E-state index contributed by atoms with van der Waals surface area (Å²) < 4.78 is 5.88.